The zero-order chi connectivity index (χ0) is 22.6. The molecule has 0 aromatic heterocycles. The smallest absolute Gasteiger partial charge is 0.248 e. The molecule has 7 nitrogen and oxygen atoms in total. The van der Waals surface area contributed by atoms with Gasteiger partial charge in [-0.25, -0.2) is 8.42 Å². The van der Waals surface area contributed by atoms with Crippen molar-refractivity contribution in [2.45, 2.75) is 39.7 Å². The van der Waals surface area contributed by atoms with Gasteiger partial charge in [0.25, 0.3) is 0 Å². The topological polar surface area (TPSA) is 84.9 Å². The molecule has 1 atom stereocenters. The van der Waals surface area contributed by atoms with Crippen LogP contribution in [-0.2, 0) is 14.8 Å². The van der Waals surface area contributed by atoms with Crippen molar-refractivity contribution in [3.05, 3.63) is 47.5 Å². The Morgan fingerprint density at radius 1 is 1.07 bits per heavy atom. The average molecular weight is 435 g/mol. The van der Waals surface area contributed by atoms with E-state index in [4.69, 9.17) is 9.47 Å². The highest BCUT2D eigenvalue weighted by Crippen LogP contribution is 2.35. The highest BCUT2D eigenvalue weighted by Gasteiger charge is 2.32. The molecule has 2 aromatic rings. The number of hydrogen-bond acceptors (Lipinski definition) is 5. The van der Waals surface area contributed by atoms with Crippen molar-refractivity contribution in [1.82, 2.24) is 0 Å². The molecule has 164 valence electrons. The van der Waals surface area contributed by atoms with Gasteiger partial charge in [0.05, 0.1) is 26.2 Å². The molecule has 0 aliphatic carbocycles. The van der Waals surface area contributed by atoms with E-state index in [1.807, 2.05) is 39.0 Å². The van der Waals surface area contributed by atoms with Gasteiger partial charge in [-0.3, -0.25) is 9.10 Å². The Hall–Kier alpha value is -2.74. The van der Waals surface area contributed by atoms with E-state index in [0.717, 1.165) is 21.7 Å². The Bertz CT molecular complexity index is 1020. The number of anilines is 2. The molecule has 8 heteroatoms. The molecule has 1 amide bonds. The van der Waals surface area contributed by atoms with Gasteiger partial charge in [0.2, 0.25) is 15.9 Å². The molecule has 1 N–H and O–H groups in total. The van der Waals surface area contributed by atoms with Gasteiger partial charge in [0.1, 0.15) is 17.5 Å². The fourth-order valence-corrected chi connectivity index (χ4v) is 4.49. The third-order valence-electron chi connectivity index (χ3n) is 4.89. The Morgan fingerprint density at radius 3 is 2.27 bits per heavy atom. The maximum Gasteiger partial charge on any atom is 0.248 e. The van der Waals surface area contributed by atoms with Gasteiger partial charge in [-0.1, -0.05) is 32.0 Å². The van der Waals surface area contributed by atoms with Crippen LogP contribution in [-0.4, -0.2) is 40.8 Å². The molecule has 0 spiro atoms. The molecule has 0 heterocycles. The van der Waals surface area contributed by atoms with Crippen LogP contribution < -0.4 is 19.1 Å². The molecule has 0 aliphatic rings. The predicted molar refractivity (Wildman–Crippen MR) is 120 cm³/mol. The normalized spacial score (nSPS) is 12.4. The number of ether oxygens (including phenoxy) is 2. The van der Waals surface area contributed by atoms with E-state index < -0.39 is 22.0 Å². The highest BCUT2D eigenvalue weighted by molar-refractivity contribution is 7.92. The van der Waals surface area contributed by atoms with Crippen molar-refractivity contribution < 1.29 is 22.7 Å². The summed E-state index contributed by atoms with van der Waals surface area (Å²) in [5, 5.41) is 2.93. The third kappa shape index (κ3) is 5.05. The summed E-state index contributed by atoms with van der Waals surface area (Å²) in [7, 11) is -0.884. The quantitative estimate of drug-likeness (QED) is 0.680. The maximum absolute atomic E-state index is 13.2. The molecule has 1 unspecified atom stereocenters. The van der Waals surface area contributed by atoms with Crippen LogP contribution in [0.5, 0.6) is 11.5 Å². The summed E-state index contributed by atoms with van der Waals surface area (Å²) in [4.78, 5) is 13.2. The molecule has 0 saturated carbocycles. The summed E-state index contributed by atoms with van der Waals surface area (Å²) in [5.41, 5.74) is 2.83. The molecule has 0 fully saturated rings. The Balaban J connectivity index is 2.50. The maximum atomic E-state index is 13.2. The molecule has 0 aliphatic heterocycles. The summed E-state index contributed by atoms with van der Waals surface area (Å²) >= 11 is 0. The molecule has 0 bridgehead atoms. The van der Waals surface area contributed by atoms with E-state index in [2.05, 4.69) is 5.32 Å². The van der Waals surface area contributed by atoms with Crippen LogP contribution in [0.2, 0.25) is 0 Å². The first-order valence-corrected chi connectivity index (χ1v) is 11.5. The van der Waals surface area contributed by atoms with Crippen LogP contribution in [0.1, 0.15) is 37.8 Å². The largest absolute Gasteiger partial charge is 0.497 e. The number of nitrogens with one attached hydrogen (secondary N) is 1. The third-order valence-corrected chi connectivity index (χ3v) is 6.11. The van der Waals surface area contributed by atoms with Crippen molar-refractivity contribution in [2.75, 3.05) is 30.1 Å². The van der Waals surface area contributed by atoms with Gasteiger partial charge < -0.3 is 14.8 Å². The minimum Gasteiger partial charge on any atom is -0.497 e. The van der Waals surface area contributed by atoms with Crippen LogP contribution in [0.4, 0.5) is 11.4 Å². The highest BCUT2D eigenvalue weighted by atomic mass is 32.2. The number of benzene rings is 2. The number of hydrogen-bond donors (Lipinski definition) is 1. The van der Waals surface area contributed by atoms with Crippen molar-refractivity contribution >= 4 is 27.3 Å². The van der Waals surface area contributed by atoms with Gasteiger partial charge in [-0.2, -0.15) is 0 Å². The number of methoxy groups -OCH3 is 2. The van der Waals surface area contributed by atoms with Gasteiger partial charge in [-0.05, 0) is 43.0 Å². The van der Waals surface area contributed by atoms with E-state index in [-0.39, 0.29) is 11.6 Å². The lowest BCUT2D eigenvalue weighted by Crippen LogP contribution is -2.45. The van der Waals surface area contributed by atoms with E-state index >= 15 is 0 Å². The number of amides is 1. The van der Waals surface area contributed by atoms with E-state index in [1.165, 1.54) is 20.3 Å². The summed E-state index contributed by atoms with van der Waals surface area (Å²) in [5.74, 6) is 0.522. The molecule has 30 heavy (non-hydrogen) atoms. The zero-order valence-electron chi connectivity index (χ0n) is 18.5. The molecule has 0 radical (unpaired) electrons. The standard InChI is InChI=1S/C22H30N2O5S/c1-14(2)18-10-8-9-15(3)21(18)23-22(25)16(4)24(30(7,26)27)19-13-17(28-5)11-12-20(19)29-6/h8-14,16H,1-7H3,(H,23,25). The first-order valence-electron chi connectivity index (χ1n) is 9.63. The predicted octanol–water partition coefficient (Wildman–Crippen LogP) is 3.93. The van der Waals surface area contributed by atoms with Crippen molar-refractivity contribution in [3.63, 3.8) is 0 Å². The number of nitrogens with zero attached hydrogens (tertiary/aromatic N) is 1. The monoisotopic (exact) mass is 434 g/mol. The molecule has 2 aromatic carbocycles. The number of aryl methyl sites for hydroxylation is 1. The Kier molecular flexibility index (Phi) is 7.36. The summed E-state index contributed by atoms with van der Waals surface area (Å²) in [6.45, 7) is 7.53. The van der Waals surface area contributed by atoms with E-state index in [0.29, 0.717) is 17.2 Å². The van der Waals surface area contributed by atoms with E-state index in [9.17, 15) is 13.2 Å². The molecule has 2 rings (SSSR count). The van der Waals surface area contributed by atoms with Crippen LogP contribution in [0.3, 0.4) is 0 Å². The molecular formula is C22H30N2O5S. The van der Waals surface area contributed by atoms with Crippen molar-refractivity contribution in [2.24, 2.45) is 0 Å². The minimum atomic E-state index is -3.81. The van der Waals surface area contributed by atoms with Gasteiger partial charge in [-0.15, -0.1) is 0 Å². The number of sulfonamides is 1. The number of rotatable bonds is 8. The number of carbonyl (C=O) groups excluding carboxylic acids is 1. The van der Waals surface area contributed by atoms with Crippen LogP contribution in [0.25, 0.3) is 0 Å². The van der Waals surface area contributed by atoms with Crippen LogP contribution in [0.15, 0.2) is 36.4 Å². The second kappa shape index (κ2) is 9.38. The first kappa shape index (κ1) is 23.5. The summed E-state index contributed by atoms with van der Waals surface area (Å²) < 4.78 is 37.0. The average Bonchev–Trinajstić information content (AvgIpc) is 2.68. The fraction of sp³-hybridized carbons (Fsp3) is 0.409. The minimum absolute atomic E-state index is 0.194. The second-order valence-corrected chi connectivity index (χ2v) is 9.32. The lowest BCUT2D eigenvalue weighted by atomic mass is 9.98. The number of carbonyl (C=O) groups is 1. The lowest BCUT2D eigenvalue weighted by Gasteiger charge is -2.30. The Labute approximate surface area is 179 Å². The summed E-state index contributed by atoms with van der Waals surface area (Å²) in [6, 6.07) is 9.58. The van der Waals surface area contributed by atoms with Crippen LogP contribution in [0, 0.1) is 6.92 Å². The SMILES string of the molecule is COc1ccc(OC)c(N(C(C)C(=O)Nc2c(C)cccc2C(C)C)S(C)(=O)=O)c1. The molecule has 0 saturated heterocycles. The van der Waals surface area contributed by atoms with Gasteiger partial charge in [0.15, 0.2) is 0 Å². The van der Waals surface area contributed by atoms with Gasteiger partial charge in [0, 0.05) is 11.8 Å². The second-order valence-electron chi connectivity index (χ2n) is 7.46. The van der Waals surface area contributed by atoms with Crippen LogP contribution >= 0.6 is 0 Å². The fourth-order valence-electron chi connectivity index (χ4n) is 3.32. The lowest BCUT2D eigenvalue weighted by molar-refractivity contribution is -0.116. The summed E-state index contributed by atoms with van der Waals surface area (Å²) in [6.07, 6.45) is 1.06. The molecular weight excluding hydrogens is 404 g/mol. The van der Waals surface area contributed by atoms with E-state index in [1.54, 1.807) is 19.1 Å². The zero-order valence-corrected chi connectivity index (χ0v) is 19.3. The van der Waals surface area contributed by atoms with Gasteiger partial charge >= 0.3 is 0 Å². The Morgan fingerprint density at radius 2 is 1.73 bits per heavy atom. The number of para-hydroxylation sites is 1. The van der Waals surface area contributed by atoms with Crippen molar-refractivity contribution in [3.8, 4) is 11.5 Å². The van der Waals surface area contributed by atoms with Crippen molar-refractivity contribution in [1.29, 1.82) is 0 Å². The first-order chi connectivity index (χ1) is 14.0.